The summed E-state index contributed by atoms with van der Waals surface area (Å²) in [7, 11) is 0. The van der Waals surface area contributed by atoms with Crippen molar-refractivity contribution in [3.8, 4) is 0 Å². The topological polar surface area (TPSA) is 24.4 Å². The largest absolute Gasteiger partial charge is 0.276 e. The zero-order valence-electron chi connectivity index (χ0n) is 9.20. The summed E-state index contributed by atoms with van der Waals surface area (Å²) in [4.78, 5) is 0. The highest BCUT2D eigenvalue weighted by Crippen LogP contribution is 2.14. The molecule has 0 fully saturated rings. The molecule has 0 radical (unpaired) electrons. The van der Waals surface area contributed by atoms with E-state index in [9.17, 15) is 13.2 Å². The molecule has 0 aliphatic heterocycles. The first-order valence-electron chi connectivity index (χ1n) is 5.15. The van der Waals surface area contributed by atoms with Crippen molar-refractivity contribution >= 4 is 11.9 Å². The molecule has 2 aromatic rings. The van der Waals surface area contributed by atoms with Gasteiger partial charge in [0.05, 0.1) is 11.9 Å². The van der Waals surface area contributed by atoms with E-state index in [0.717, 1.165) is 12.1 Å². The highest BCUT2D eigenvalue weighted by Gasteiger charge is 2.01. The van der Waals surface area contributed by atoms with Gasteiger partial charge in [-0.25, -0.2) is 13.2 Å². The highest BCUT2D eigenvalue weighted by atomic mass is 19.1. The summed E-state index contributed by atoms with van der Waals surface area (Å²) in [5.41, 5.74) is 2.99. The zero-order valence-corrected chi connectivity index (χ0v) is 9.20. The van der Waals surface area contributed by atoms with Gasteiger partial charge in [-0.15, -0.1) is 0 Å². The van der Waals surface area contributed by atoms with Crippen molar-refractivity contribution in [2.24, 2.45) is 5.10 Å². The molecule has 0 aliphatic carbocycles. The van der Waals surface area contributed by atoms with Gasteiger partial charge in [0, 0.05) is 6.07 Å². The Morgan fingerprint density at radius 1 is 0.944 bits per heavy atom. The molecular formula is C13H9F3N2. The molecule has 0 saturated carbocycles. The van der Waals surface area contributed by atoms with Crippen LogP contribution in [0.1, 0.15) is 5.56 Å². The van der Waals surface area contributed by atoms with Crippen LogP contribution < -0.4 is 5.43 Å². The van der Waals surface area contributed by atoms with E-state index in [1.165, 1.54) is 30.5 Å². The standard InChI is InChI=1S/C13H9F3N2/c14-10-3-1-2-9(6-10)8-17-18-13-5-4-11(15)7-12(13)16/h1-8,18H/b17-8-. The van der Waals surface area contributed by atoms with Gasteiger partial charge >= 0.3 is 0 Å². The molecule has 2 aromatic carbocycles. The fraction of sp³-hybridized carbons (Fsp3) is 0. The molecule has 0 bridgehead atoms. The Morgan fingerprint density at radius 3 is 2.44 bits per heavy atom. The smallest absolute Gasteiger partial charge is 0.151 e. The predicted octanol–water partition coefficient (Wildman–Crippen LogP) is 3.55. The van der Waals surface area contributed by atoms with E-state index in [0.29, 0.717) is 5.56 Å². The van der Waals surface area contributed by atoms with Crippen LogP contribution in [0.4, 0.5) is 18.9 Å². The third-order valence-electron chi connectivity index (χ3n) is 2.18. The Kier molecular flexibility index (Phi) is 3.62. The second-order valence-electron chi connectivity index (χ2n) is 3.55. The number of anilines is 1. The van der Waals surface area contributed by atoms with Gasteiger partial charge in [0.25, 0.3) is 0 Å². The summed E-state index contributed by atoms with van der Waals surface area (Å²) < 4.78 is 38.7. The first-order valence-corrected chi connectivity index (χ1v) is 5.15. The van der Waals surface area contributed by atoms with Crippen LogP contribution in [0, 0.1) is 17.5 Å². The minimum atomic E-state index is -0.744. The molecule has 2 nitrogen and oxygen atoms in total. The van der Waals surface area contributed by atoms with Gasteiger partial charge in [-0.05, 0) is 29.8 Å². The molecule has 0 aliphatic rings. The normalized spacial score (nSPS) is 10.8. The number of benzene rings is 2. The summed E-state index contributed by atoms with van der Waals surface area (Å²) in [6, 6.07) is 8.87. The van der Waals surface area contributed by atoms with Gasteiger partial charge in [-0.3, -0.25) is 5.43 Å². The first-order chi connectivity index (χ1) is 8.65. The molecule has 1 N–H and O–H groups in total. The van der Waals surface area contributed by atoms with E-state index < -0.39 is 11.6 Å². The van der Waals surface area contributed by atoms with E-state index in [-0.39, 0.29) is 11.5 Å². The molecule has 0 aromatic heterocycles. The summed E-state index contributed by atoms with van der Waals surface area (Å²) in [5.74, 6) is -1.79. The molecule has 0 unspecified atom stereocenters. The summed E-state index contributed by atoms with van der Waals surface area (Å²) in [6.07, 6.45) is 1.34. The quantitative estimate of drug-likeness (QED) is 0.653. The SMILES string of the molecule is Fc1cccc(/C=N\Nc2ccc(F)cc2F)c1. The lowest BCUT2D eigenvalue weighted by Crippen LogP contribution is -1.94. The monoisotopic (exact) mass is 250 g/mol. The number of hydrogen-bond acceptors (Lipinski definition) is 2. The Hall–Kier alpha value is -2.30. The number of halogens is 3. The second-order valence-corrected chi connectivity index (χ2v) is 3.55. The molecule has 0 amide bonds. The zero-order chi connectivity index (χ0) is 13.0. The van der Waals surface area contributed by atoms with Crippen LogP contribution in [0.2, 0.25) is 0 Å². The average molecular weight is 250 g/mol. The lowest BCUT2D eigenvalue weighted by molar-refractivity contribution is 0.585. The van der Waals surface area contributed by atoms with Crippen LogP contribution in [0.25, 0.3) is 0 Å². The maximum atomic E-state index is 13.2. The summed E-state index contributed by atoms with van der Waals surface area (Å²) in [6.45, 7) is 0. The number of rotatable bonds is 3. The third kappa shape index (κ3) is 3.10. The minimum Gasteiger partial charge on any atom is -0.276 e. The molecule has 5 heteroatoms. The molecule has 2 rings (SSSR count). The second kappa shape index (κ2) is 5.35. The number of hydrogen-bond donors (Lipinski definition) is 1. The van der Waals surface area contributed by atoms with Crippen molar-refractivity contribution < 1.29 is 13.2 Å². The lowest BCUT2D eigenvalue weighted by atomic mass is 10.2. The predicted molar refractivity (Wildman–Crippen MR) is 64.0 cm³/mol. The molecule has 18 heavy (non-hydrogen) atoms. The molecular weight excluding hydrogens is 241 g/mol. The molecule has 0 saturated heterocycles. The van der Waals surface area contributed by atoms with E-state index in [1.54, 1.807) is 6.07 Å². The van der Waals surface area contributed by atoms with E-state index in [4.69, 9.17) is 0 Å². The number of nitrogens with zero attached hydrogens (tertiary/aromatic N) is 1. The van der Waals surface area contributed by atoms with Gasteiger partial charge in [0.15, 0.2) is 5.82 Å². The average Bonchev–Trinajstić information content (AvgIpc) is 2.32. The van der Waals surface area contributed by atoms with Gasteiger partial charge in [-0.1, -0.05) is 12.1 Å². The minimum absolute atomic E-state index is 0.0454. The van der Waals surface area contributed by atoms with E-state index in [1.807, 2.05) is 0 Å². The van der Waals surface area contributed by atoms with Crippen molar-refractivity contribution in [3.63, 3.8) is 0 Å². The number of hydrazone groups is 1. The van der Waals surface area contributed by atoms with Crippen molar-refractivity contribution in [1.29, 1.82) is 0 Å². The van der Waals surface area contributed by atoms with Gasteiger partial charge in [-0.2, -0.15) is 5.10 Å². The third-order valence-corrected chi connectivity index (χ3v) is 2.18. The van der Waals surface area contributed by atoms with Crippen molar-refractivity contribution in [3.05, 3.63) is 65.5 Å². The van der Waals surface area contributed by atoms with E-state index >= 15 is 0 Å². The maximum Gasteiger partial charge on any atom is 0.151 e. The Bertz CT molecular complexity index is 582. The fourth-order valence-corrected chi connectivity index (χ4v) is 1.34. The van der Waals surface area contributed by atoms with Crippen LogP contribution in [0.3, 0.4) is 0 Å². The highest BCUT2D eigenvalue weighted by molar-refractivity contribution is 5.80. The van der Waals surface area contributed by atoms with Gasteiger partial charge in [0.1, 0.15) is 11.6 Å². The van der Waals surface area contributed by atoms with Crippen molar-refractivity contribution in [2.75, 3.05) is 5.43 Å². The summed E-state index contributed by atoms with van der Waals surface area (Å²) in [5, 5.41) is 3.74. The van der Waals surface area contributed by atoms with Crippen LogP contribution in [-0.2, 0) is 0 Å². The van der Waals surface area contributed by atoms with Crippen molar-refractivity contribution in [1.82, 2.24) is 0 Å². The Morgan fingerprint density at radius 2 is 1.72 bits per heavy atom. The van der Waals surface area contributed by atoms with E-state index in [2.05, 4.69) is 10.5 Å². The maximum absolute atomic E-state index is 13.2. The Labute approximate surface area is 102 Å². The van der Waals surface area contributed by atoms with Crippen LogP contribution in [0.5, 0.6) is 0 Å². The lowest BCUT2D eigenvalue weighted by Gasteiger charge is -2.01. The molecule has 92 valence electrons. The first kappa shape index (κ1) is 12.2. The van der Waals surface area contributed by atoms with Crippen LogP contribution in [-0.4, -0.2) is 6.21 Å². The molecule has 0 heterocycles. The van der Waals surface area contributed by atoms with Gasteiger partial charge < -0.3 is 0 Å². The molecule has 0 spiro atoms. The van der Waals surface area contributed by atoms with Crippen LogP contribution >= 0.6 is 0 Å². The fourth-order valence-electron chi connectivity index (χ4n) is 1.34. The number of nitrogens with one attached hydrogen (secondary N) is 1. The Balaban J connectivity index is 2.07. The van der Waals surface area contributed by atoms with Crippen LogP contribution in [0.15, 0.2) is 47.6 Å². The van der Waals surface area contributed by atoms with Gasteiger partial charge in [0.2, 0.25) is 0 Å². The molecule has 0 atom stereocenters. The summed E-state index contributed by atoms with van der Waals surface area (Å²) >= 11 is 0. The van der Waals surface area contributed by atoms with Crippen molar-refractivity contribution in [2.45, 2.75) is 0 Å².